The van der Waals surface area contributed by atoms with E-state index in [1.807, 2.05) is 18.2 Å². The molecule has 5 heteroatoms. The van der Waals surface area contributed by atoms with Gasteiger partial charge in [0.2, 0.25) is 0 Å². The predicted molar refractivity (Wildman–Crippen MR) is 58.0 cm³/mol. The standard InChI is InChI=1S/C11H9N3O2/c12-11(16)14-6-9(7-15)10(13-14)8-4-2-1-3-5-8/h1-7H,(H2,12,16). The average Bonchev–Trinajstić information content (AvgIpc) is 2.74. The number of benzene rings is 1. The Hall–Kier alpha value is -2.43. The van der Waals surface area contributed by atoms with Gasteiger partial charge in [0.25, 0.3) is 0 Å². The second kappa shape index (κ2) is 3.98. The molecule has 0 radical (unpaired) electrons. The van der Waals surface area contributed by atoms with E-state index in [1.54, 1.807) is 12.1 Å². The fourth-order valence-electron chi connectivity index (χ4n) is 1.41. The zero-order valence-corrected chi connectivity index (χ0v) is 8.33. The third-order valence-electron chi connectivity index (χ3n) is 2.14. The van der Waals surface area contributed by atoms with Crippen LogP contribution in [0.3, 0.4) is 0 Å². The quantitative estimate of drug-likeness (QED) is 0.766. The first-order chi connectivity index (χ1) is 7.72. The number of carbonyl (C=O) groups excluding carboxylic acids is 2. The average molecular weight is 215 g/mol. The van der Waals surface area contributed by atoms with Crippen molar-refractivity contribution in [3.05, 3.63) is 42.1 Å². The van der Waals surface area contributed by atoms with Crippen molar-refractivity contribution in [2.75, 3.05) is 0 Å². The van der Waals surface area contributed by atoms with Gasteiger partial charge < -0.3 is 5.73 Å². The van der Waals surface area contributed by atoms with Crippen LogP contribution >= 0.6 is 0 Å². The van der Waals surface area contributed by atoms with Gasteiger partial charge in [-0.15, -0.1) is 0 Å². The lowest BCUT2D eigenvalue weighted by Gasteiger charge is -1.96. The van der Waals surface area contributed by atoms with Gasteiger partial charge in [-0.2, -0.15) is 9.78 Å². The van der Waals surface area contributed by atoms with E-state index < -0.39 is 6.03 Å². The van der Waals surface area contributed by atoms with Crippen LogP contribution in [0.5, 0.6) is 0 Å². The number of aldehydes is 1. The molecule has 0 spiro atoms. The maximum Gasteiger partial charge on any atom is 0.339 e. The van der Waals surface area contributed by atoms with Crippen LogP contribution in [0.1, 0.15) is 10.4 Å². The van der Waals surface area contributed by atoms with Crippen LogP contribution in [0.15, 0.2) is 36.5 Å². The summed E-state index contributed by atoms with van der Waals surface area (Å²) < 4.78 is 0.950. The smallest absolute Gasteiger partial charge is 0.339 e. The third kappa shape index (κ3) is 1.70. The highest BCUT2D eigenvalue weighted by atomic mass is 16.2. The molecule has 2 rings (SSSR count). The Morgan fingerprint density at radius 3 is 2.56 bits per heavy atom. The molecule has 0 fully saturated rings. The summed E-state index contributed by atoms with van der Waals surface area (Å²) in [5, 5.41) is 3.96. The number of hydrogen-bond donors (Lipinski definition) is 1. The molecule has 0 unspecified atom stereocenters. The molecule has 1 aromatic heterocycles. The summed E-state index contributed by atoms with van der Waals surface area (Å²) in [7, 11) is 0. The molecule has 0 saturated carbocycles. The molecule has 2 aromatic rings. The van der Waals surface area contributed by atoms with Gasteiger partial charge in [-0.1, -0.05) is 30.3 Å². The Morgan fingerprint density at radius 2 is 2.00 bits per heavy atom. The Balaban J connectivity index is 2.56. The van der Waals surface area contributed by atoms with Crippen LogP contribution in [-0.4, -0.2) is 22.1 Å². The molecule has 1 amide bonds. The summed E-state index contributed by atoms with van der Waals surface area (Å²) in [6, 6.07) is 8.40. The van der Waals surface area contributed by atoms with Gasteiger partial charge in [0.15, 0.2) is 6.29 Å². The van der Waals surface area contributed by atoms with E-state index in [2.05, 4.69) is 5.10 Å². The van der Waals surface area contributed by atoms with E-state index in [9.17, 15) is 9.59 Å². The molecule has 0 aliphatic heterocycles. The molecule has 80 valence electrons. The van der Waals surface area contributed by atoms with Crippen LogP contribution in [-0.2, 0) is 0 Å². The lowest BCUT2D eigenvalue weighted by atomic mass is 10.1. The van der Waals surface area contributed by atoms with E-state index in [4.69, 9.17) is 5.73 Å². The van der Waals surface area contributed by atoms with Crippen LogP contribution in [0.2, 0.25) is 0 Å². The fourth-order valence-corrected chi connectivity index (χ4v) is 1.41. The van der Waals surface area contributed by atoms with E-state index in [0.29, 0.717) is 17.5 Å². The SMILES string of the molecule is NC(=O)n1cc(C=O)c(-c2ccccc2)n1. The number of carbonyl (C=O) groups is 2. The number of nitrogens with zero attached hydrogens (tertiary/aromatic N) is 2. The predicted octanol–water partition coefficient (Wildman–Crippen LogP) is 1.29. The first-order valence-corrected chi connectivity index (χ1v) is 4.62. The molecule has 16 heavy (non-hydrogen) atoms. The van der Waals surface area contributed by atoms with Crippen LogP contribution < -0.4 is 5.73 Å². The van der Waals surface area contributed by atoms with Crippen LogP contribution in [0.25, 0.3) is 11.3 Å². The number of hydrogen-bond acceptors (Lipinski definition) is 3. The monoisotopic (exact) mass is 215 g/mol. The van der Waals surface area contributed by atoms with Crippen molar-refractivity contribution in [2.45, 2.75) is 0 Å². The lowest BCUT2D eigenvalue weighted by Crippen LogP contribution is -2.19. The second-order valence-corrected chi connectivity index (χ2v) is 3.20. The van der Waals surface area contributed by atoms with E-state index in [1.165, 1.54) is 6.20 Å². The number of rotatable bonds is 2. The Bertz CT molecular complexity index is 531. The van der Waals surface area contributed by atoms with Gasteiger partial charge in [0.05, 0.1) is 5.56 Å². The number of primary amides is 1. The zero-order chi connectivity index (χ0) is 11.5. The van der Waals surface area contributed by atoms with Crippen LogP contribution in [0, 0.1) is 0 Å². The maximum absolute atomic E-state index is 10.9. The minimum absolute atomic E-state index is 0.338. The molecular weight excluding hydrogens is 206 g/mol. The van der Waals surface area contributed by atoms with E-state index in [0.717, 1.165) is 10.2 Å². The number of amides is 1. The van der Waals surface area contributed by atoms with Crippen molar-refractivity contribution in [3.8, 4) is 11.3 Å². The molecule has 0 aliphatic carbocycles. The Labute approximate surface area is 91.5 Å². The zero-order valence-electron chi connectivity index (χ0n) is 8.33. The fraction of sp³-hybridized carbons (Fsp3) is 0. The molecule has 0 aliphatic rings. The van der Waals surface area contributed by atoms with Crippen molar-refractivity contribution in [1.29, 1.82) is 0 Å². The summed E-state index contributed by atoms with van der Waals surface area (Å²) in [4.78, 5) is 21.8. The van der Waals surface area contributed by atoms with E-state index in [-0.39, 0.29) is 0 Å². The maximum atomic E-state index is 10.9. The highest BCUT2D eigenvalue weighted by Crippen LogP contribution is 2.19. The van der Waals surface area contributed by atoms with Gasteiger partial charge in [-0.25, -0.2) is 4.79 Å². The Kier molecular flexibility index (Phi) is 2.51. The number of nitrogens with two attached hydrogens (primary N) is 1. The third-order valence-corrected chi connectivity index (χ3v) is 2.14. The summed E-state index contributed by atoms with van der Waals surface area (Å²) >= 11 is 0. The van der Waals surface area contributed by atoms with Crippen LogP contribution in [0.4, 0.5) is 4.79 Å². The molecule has 5 nitrogen and oxygen atoms in total. The first kappa shape index (κ1) is 10.1. The summed E-state index contributed by atoms with van der Waals surface area (Å²) in [6.45, 7) is 0. The molecule has 0 bridgehead atoms. The summed E-state index contributed by atoms with van der Waals surface area (Å²) in [5.74, 6) is 0. The van der Waals surface area contributed by atoms with Gasteiger partial charge in [0, 0.05) is 11.8 Å². The topological polar surface area (TPSA) is 78.0 Å². The largest absolute Gasteiger partial charge is 0.350 e. The van der Waals surface area contributed by atoms with Crippen molar-refractivity contribution in [3.63, 3.8) is 0 Å². The van der Waals surface area contributed by atoms with Gasteiger partial charge in [0.1, 0.15) is 5.69 Å². The summed E-state index contributed by atoms with van der Waals surface area (Å²) in [6.07, 6.45) is 1.96. The number of aromatic nitrogens is 2. The molecule has 1 heterocycles. The first-order valence-electron chi connectivity index (χ1n) is 4.62. The van der Waals surface area contributed by atoms with E-state index >= 15 is 0 Å². The van der Waals surface area contributed by atoms with Crippen molar-refractivity contribution in [1.82, 2.24) is 9.78 Å². The Morgan fingerprint density at radius 1 is 1.31 bits per heavy atom. The second-order valence-electron chi connectivity index (χ2n) is 3.20. The van der Waals surface area contributed by atoms with Crippen molar-refractivity contribution in [2.24, 2.45) is 5.73 Å². The summed E-state index contributed by atoms with van der Waals surface area (Å²) in [5.41, 5.74) is 6.63. The highest BCUT2D eigenvalue weighted by Gasteiger charge is 2.12. The molecule has 0 saturated heterocycles. The molecular formula is C11H9N3O2. The lowest BCUT2D eigenvalue weighted by molar-refractivity contribution is 0.112. The molecule has 0 atom stereocenters. The van der Waals surface area contributed by atoms with Gasteiger partial charge in [-0.05, 0) is 0 Å². The minimum Gasteiger partial charge on any atom is -0.350 e. The van der Waals surface area contributed by atoms with Crippen molar-refractivity contribution < 1.29 is 9.59 Å². The minimum atomic E-state index is -0.717. The molecule has 2 N–H and O–H groups in total. The van der Waals surface area contributed by atoms with Gasteiger partial charge >= 0.3 is 6.03 Å². The van der Waals surface area contributed by atoms with Crippen molar-refractivity contribution >= 4 is 12.3 Å². The molecule has 1 aromatic carbocycles. The van der Waals surface area contributed by atoms with Gasteiger partial charge in [-0.3, -0.25) is 4.79 Å². The highest BCUT2D eigenvalue weighted by molar-refractivity contribution is 5.87. The normalized spacial score (nSPS) is 10.0.